The zero-order chi connectivity index (χ0) is 11.3. The van der Waals surface area contributed by atoms with Gasteiger partial charge in [-0.2, -0.15) is 0 Å². The van der Waals surface area contributed by atoms with E-state index in [4.69, 9.17) is 4.74 Å². The lowest BCUT2D eigenvalue weighted by atomic mass is 10.0. The van der Waals surface area contributed by atoms with Gasteiger partial charge >= 0.3 is 0 Å². The molecule has 2 nitrogen and oxygen atoms in total. The van der Waals surface area contributed by atoms with Crippen molar-refractivity contribution in [1.82, 2.24) is 0 Å². The average Bonchev–Trinajstić information content (AvgIpc) is 2.28. The highest BCUT2D eigenvalue weighted by Gasteiger charge is 2.05. The van der Waals surface area contributed by atoms with Crippen LogP contribution in [0.4, 0.5) is 0 Å². The van der Waals surface area contributed by atoms with Gasteiger partial charge in [0.25, 0.3) is 0 Å². The molecule has 0 radical (unpaired) electrons. The molecule has 15 heavy (non-hydrogen) atoms. The number of ketones is 1. The predicted molar refractivity (Wildman–Crippen MR) is 64.9 cm³/mol. The molecule has 0 saturated heterocycles. The van der Waals surface area contributed by atoms with Crippen LogP contribution in [-0.4, -0.2) is 18.2 Å². The molecule has 0 N–H and O–H groups in total. The van der Waals surface area contributed by atoms with Gasteiger partial charge in [-0.15, -0.1) is 0 Å². The van der Waals surface area contributed by atoms with Gasteiger partial charge in [-0.25, -0.2) is 0 Å². The molecular formula is C12H15BrO2. The summed E-state index contributed by atoms with van der Waals surface area (Å²) in [6, 6.07) is 5.96. The number of methoxy groups -OCH3 is 1. The second kappa shape index (κ2) is 5.91. The molecule has 0 aliphatic heterocycles. The minimum Gasteiger partial charge on any atom is -0.496 e. The first-order chi connectivity index (χ1) is 7.21. The fraction of sp³-hybridized carbons (Fsp3) is 0.417. The van der Waals surface area contributed by atoms with Crippen LogP contribution in [0.5, 0.6) is 5.75 Å². The molecule has 0 fully saturated rings. The molecule has 0 spiro atoms. The number of carbonyl (C=O) groups excluding carboxylic acids is 1. The summed E-state index contributed by atoms with van der Waals surface area (Å²) in [6.07, 6.45) is 1.40. The fourth-order valence-electron chi connectivity index (χ4n) is 1.47. The van der Waals surface area contributed by atoms with Gasteiger partial charge in [-0.05, 0) is 23.6 Å². The van der Waals surface area contributed by atoms with Crippen molar-refractivity contribution in [3.8, 4) is 5.75 Å². The van der Waals surface area contributed by atoms with Crippen LogP contribution >= 0.6 is 15.9 Å². The van der Waals surface area contributed by atoms with Crippen LogP contribution in [0.3, 0.4) is 0 Å². The number of Topliss-reactive ketones (excluding diaryl/α,β-unsaturated/α-hetero) is 1. The summed E-state index contributed by atoms with van der Waals surface area (Å²) < 4.78 is 5.27. The van der Waals surface area contributed by atoms with Gasteiger partial charge in [0.05, 0.1) is 12.4 Å². The lowest BCUT2D eigenvalue weighted by Crippen LogP contribution is -2.04. The van der Waals surface area contributed by atoms with Crippen molar-refractivity contribution in [2.24, 2.45) is 0 Å². The molecule has 0 amide bonds. The third-order valence-electron chi connectivity index (χ3n) is 2.28. The van der Waals surface area contributed by atoms with Gasteiger partial charge in [0, 0.05) is 6.42 Å². The molecule has 1 aromatic rings. The zero-order valence-corrected chi connectivity index (χ0v) is 10.6. The first kappa shape index (κ1) is 12.2. The van der Waals surface area contributed by atoms with Gasteiger partial charge < -0.3 is 4.74 Å². The van der Waals surface area contributed by atoms with Gasteiger partial charge in [0.1, 0.15) is 11.5 Å². The molecule has 1 rings (SSSR count). The molecule has 0 saturated carbocycles. The maximum atomic E-state index is 11.2. The number of benzene rings is 1. The molecule has 0 atom stereocenters. The molecule has 0 aliphatic rings. The number of ether oxygens (including phenoxy) is 1. The molecule has 3 heteroatoms. The number of halogens is 1. The van der Waals surface area contributed by atoms with E-state index in [0.717, 1.165) is 17.7 Å². The Morgan fingerprint density at radius 1 is 1.47 bits per heavy atom. The highest BCUT2D eigenvalue weighted by Crippen LogP contribution is 2.21. The topological polar surface area (TPSA) is 26.3 Å². The molecule has 0 heterocycles. The van der Waals surface area contributed by atoms with E-state index in [0.29, 0.717) is 11.8 Å². The van der Waals surface area contributed by atoms with E-state index in [1.165, 1.54) is 5.56 Å². The third-order valence-corrected chi connectivity index (χ3v) is 2.91. The van der Waals surface area contributed by atoms with Crippen LogP contribution in [0.15, 0.2) is 18.2 Å². The van der Waals surface area contributed by atoms with Crippen molar-refractivity contribution < 1.29 is 9.53 Å². The number of hydrogen-bond donors (Lipinski definition) is 0. The number of aryl methyl sites for hydroxylation is 1. The summed E-state index contributed by atoms with van der Waals surface area (Å²) >= 11 is 3.16. The summed E-state index contributed by atoms with van der Waals surface area (Å²) in [5.41, 5.74) is 2.18. The number of hydrogen-bond acceptors (Lipinski definition) is 2. The first-order valence-corrected chi connectivity index (χ1v) is 6.06. The van der Waals surface area contributed by atoms with Crippen LogP contribution in [0, 0.1) is 0 Å². The SMILES string of the molecule is CCc1ccc(CC(=O)CBr)cc1OC. The van der Waals surface area contributed by atoms with Gasteiger partial charge in [0.2, 0.25) is 0 Å². The van der Waals surface area contributed by atoms with Crippen molar-refractivity contribution in [3.63, 3.8) is 0 Å². The molecule has 1 aromatic carbocycles. The van der Waals surface area contributed by atoms with Gasteiger partial charge in [-0.1, -0.05) is 35.0 Å². The Kier molecular flexibility index (Phi) is 4.82. The maximum Gasteiger partial charge on any atom is 0.147 e. The summed E-state index contributed by atoms with van der Waals surface area (Å²) in [6.45, 7) is 2.08. The van der Waals surface area contributed by atoms with E-state index in [1.54, 1.807) is 7.11 Å². The lowest BCUT2D eigenvalue weighted by Gasteiger charge is -2.08. The lowest BCUT2D eigenvalue weighted by molar-refractivity contribution is -0.115. The number of alkyl halides is 1. The second-order valence-electron chi connectivity index (χ2n) is 3.35. The summed E-state index contributed by atoms with van der Waals surface area (Å²) in [4.78, 5) is 11.2. The van der Waals surface area contributed by atoms with Crippen LogP contribution in [0.25, 0.3) is 0 Å². The Morgan fingerprint density at radius 3 is 2.73 bits per heavy atom. The minimum atomic E-state index is 0.182. The van der Waals surface area contributed by atoms with E-state index in [2.05, 4.69) is 22.9 Å². The Labute approximate surface area is 98.8 Å². The smallest absolute Gasteiger partial charge is 0.147 e. The summed E-state index contributed by atoms with van der Waals surface area (Å²) in [5.74, 6) is 1.05. The Morgan fingerprint density at radius 2 is 2.20 bits per heavy atom. The molecule has 82 valence electrons. The van der Waals surface area contributed by atoms with Crippen LogP contribution in [0.1, 0.15) is 18.1 Å². The molecule has 0 unspecified atom stereocenters. The monoisotopic (exact) mass is 270 g/mol. The molecule has 0 aliphatic carbocycles. The van der Waals surface area contributed by atoms with E-state index in [9.17, 15) is 4.79 Å². The van der Waals surface area contributed by atoms with E-state index in [-0.39, 0.29) is 5.78 Å². The van der Waals surface area contributed by atoms with Crippen molar-refractivity contribution in [2.45, 2.75) is 19.8 Å². The van der Waals surface area contributed by atoms with Crippen molar-refractivity contribution >= 4 is 21.7 Å². The molecule has 0 aromatic heterocycles. The van der Waals surface area contributed by atoms with E-state index < -0.39 is 0 Å². The quantitative estimate of drug-likeness (QED) is 0.770. The second-order valence-corrected chi connectivity index (χ2v) is 3.91. The molecular weight excluding hydrogens is 256 g/mol. The van der Waals surface area contributed by atoms with E-state index >= 15 is 0 Å². The Hall–Kier alpha value is -0.830. The third kappa shape index (κ3) is 3.34. The first-order valence-electron chi connectivity index (χ1n) is 4.94. The minimum absolute atomic E-state index is 0.182. The van der Waals surface area contributed by atoms with E-state index in [1.807, 2.05) is 18.2 Å². The highest BCUT2D eigenvalue weighted by atomic mass is 79.9. The number of rotatable bonds is 5. The van der Waals surface area contributed by atoms with Gasteiger partial charge in [0.15, 0.2) is 0 Å². The van der Waals surface area contributed by atoms with Gasteiger partial charge in [-0.3, -0.25) is 4.79 Å². The van der Waals surface area contributed by atoms with Crippen LogP contribution in [-0.2, 0) is 17.6 Å². The normalized spacial score (nSPS) is 10.1. The van der Waals surface area contributed by atoms with Crippen LogP contribution < -0.4 is 4.74 Å². The Bertz CT molecular complexity index is 347. The number of carbonyl (C=O) groups is 1. The zero-order valence-electron chi connectivity index (χ0n) is 9.05. The predicted octanol–water partition coefficient (Wildman–Crippen LogP) is 2.76. The standard InChI is InChI=1S/C12H15BrO2/c1-3-10-5-4-9(6-11(14)8-13)7-12(10)15-2/h4-5,7H,3,6,8H2,1-2H3. The summed E-state index contributed by atoms with van der Waals surface area (Å²) in [7, 11) is 1.66. The largest absolute Gasteiger partial charge is 0.496 e. The highest BCUT2D eigenvalue weighted by molar-refractivity contribution is 9.09. The molecule has 0 bridgehead atoms. The van der Waals surface area contributed by atoms with Crippen molar-refractivity contribution in [2.75, 3.05) is 12.4 Å². The van der Waals surface area contributed by atoms with Crippen LogP contribution in [0.2, 0.25) is 0 Å². The maximum absolute atomic E-state index is 11.2. The summed E-state index contributed by atoms with van der Waals surface area (Å²) in [5, 5.41) is 0.408. The average molecular weight is 271 g/mol. The van der Waals surface area contributed by atoms with Crippen molar-refractivity contribution in [1.29, 1.82) is 0 Å². The Balaban J connectivity index is 2.88. The van der Waals surface area contributed by atoms with Crippen molar-refractivity contribution in [3.05, 3.63) is 29.3 Å². The fourth-order valence-corrected chi connectivity index (χ4v) is 1.66.